The summed E-state index contributed by atoms with van der Waals surface area (Å²) >= 11 is 1.30. The molecule has 0 unspecified atom stereocenters. The van der Waals surface area contributed by atoms with Gasteiger partial charge in [0, 0.05) is 16.8 Å². The second-order valence-electron chi connectivity index (χ2n) is 6.99. The first-order valence-electron chi connectivity index (χ1n) is 8.74. The van der Waals surface area contributed by atoms with Gasteiger partial charge in [0.2, 0.25) is 5.91 Å². The lowest BCUT2D eigenvalue weighted by Gasteiger charge is -2.11. The number of aryl methyl sites for hydroxylation is 1. The zero-order valence-corrected chi connectivity index (χ0v) is 16.8. The van der Waals surface area contributed by atoms with Crippen LogP contribution in [0.5, 0.6) is 0 Å². The number of hydrogen-bond donors (Lipinski definition) is 2. The first-order valence-corrected chi connectivity index (χ1v) is 11.4. The molecular formula is C17H22N2O6S2. The Hall–Kier alpha value is -1.94. The van der Waals surface area contributed by atoms with Crippen LogP contribution in [-0.4, -0.2) is 50.4 Å². The zero-order valence-electron chi connectivity index (χ0n) is 15.2. The molecule has 2 fully saturated rings. The predicted molar refractivity (Wildman–Crippen MR) is 101 cm³/mol. The Kier molecular flexibility index (Phi) is 5.57. The summed E-state index contributed by atoms with van der Waals surface area (Å²) in [5.74, 6) is -1.37. The van der Waals surface area contributed by atoms with Crippen LogP contribution in [0, 0.1) is 19.8 Å². The summed E-state index contributed by atoms with van der Waals surface area (Å²) in [6.07, 6.45) is 2.07. The molecule has 1 saturated carbocycles. The van der Waals surface area contributed by atoms with E-state index in [-0.39, 0.29) is 28.9 Å². The molecule has 1 aromatic rings. The van der Waals surface area contributed by atoms with Crippen LogP contribution in [0.15, 0.2) is 0 Å². The summed E-state index contributed by atoms with van der Waals surface area (Å²) in [6.45, 7) is 3.11. The monoisotopic (exact) mass is 414 g/mol. The van der Waals surface area contributed by atoms with Crippen molar-refractivity contribution in [2.24, 2.45) is 5.92 Å². The Bertz CT molecular complexity index is 885. The zero-order chi connectivity index (χ0) is 19.8. The van der Waals surface area contributed by atoms with Crippen LogP contribution in [0.25, 0.3) is 0 Å². The summed E-state index contributed by atoms with van der Waals surface area (Å²) in [5, 5.41) is 5.79. The normalized spacial score (nSPS) is 20.9. The first kappa shape index (κ1) is 19.8. The number of thiophene rings is 1. The van der Waals surface area contributed by atoms with E-state index in [0.717, 1.165) is 17.7 Å². The number of carbonyl (C=O) groups excluding carboxylic acids is 3. The molecule has 2 heterocycles. The molecule has 2 aliphatic rings. The highest BCUT2D eigenvalue weighted by Gasteiger charge is 2.32. The Balaban J connectivity index is 1.58. The van der Waals surface area contributed by atoms with Crippen molar-refractivity contribution < 1.29 is 27.5 Å². The Morgan fingerprint density at radius 1 is 1.19 bits per heavy atom. The van der Waals surface area contributed by atoms with Crippen molar-refractivity contribution in [2.45, 2.75) is 39.2 Å². The van der Waals surface area contributed by atoms with Crippen molar-refractivity contribution in [1.82, 2.24) is 5.32 Å². The van der Waals surface area contributed by atoms with Crippen molar-refractivity contribution in [3.63, 3.8) is 0 Å². The van der Waals surface area contributed by atoms with Crippen LogP contribution < -0.4 is 10.6 Å². The van der Waals surface area contributed by atoms with E-state index in [4.69, 9.17) is 4.74 Å². The van der Waals surface area contributed by atoms with Crippen LogP contribution in [-0.2, 0) is 24.2 Å². The quantitative estimate of drug-likeness (QED) is 0.675. The van der Waals surface area contributed by atoms with E-state index in [1.165, 1.54) is 11.3 Å². The molecule has 1 aliphatic carbocycles. The van der Waals surface area contributed by atoms with Gasteiger partial charge in [-0.25, -0.2) is 13.2 Å². The molecule has 148 valence electrons. The summed E-state index contributed by atoms with van der Waals surface area (Å²) in [4.78, 5) is 37.3. The number of rotatable bonds is 6. The van der Waals surface area contributed by atoms with Crippen LogP contribution in [0.2, 0.25) is 0 Å². The molecule has 1 aromatic heterocycles. The molecule has 1 aliphatic heterocycles. The number of hydrogen-bond acceptors (Lipinski definition) is 7. The van der Waals surface area contributed by atoms with Crippen molar-refractivity contribution >= 4 is 44.0 Å². The summed E-state index contributed by atoms with van der Waals surface area (Å²) in [6, 6.07) is -0.445. The van der Waals surface area contributed by atoms with Crippen molar-refractivity contribution in [3.8, 4) is 0 Å². The fourth-order valence-corrected chi connectivity index (χ4v) is 5.63. The van der Waals surface area contributed by atoms with Gasteiger partial charge in [-0.2, -0.15) is 0 Å². The number of anilines is 1. The molecule has 10 heteroatoms. The van der Waals surface area contributed by atoms with Crippen molar-refractivity contribution in [3.05, 3.63) is 16.0 Å². The first-order chi connectivity index (χ1) is 12.7. The minimum absolute atomic E-state index is 0.00468. The van der Waals surface area contributed by atoms with Gasteiger partial charge in [-0.1, -0.05) is 0 Å². The van der Waals surface area contributed by atoms with Crippen molar-refractivity contribution in [2.75, 3.05) is 23.4 Å². The van der Waals surface area contributed by atoms with Gasteiger partial charge >= 0.3 is 5.97 Å². The smallest absolute Gasteiger partial charge is 0.341 e. The summed E-state index contributed by atoms with van der Waals surface area (Å²) in [5.41, 5.74) is 0.973. The van der Waals surface area contributed by atoms with Crippen LogP contribution in [0.3, 0.4) is 0 Å². The van der Waals surface area contributed by atoms with E-state index < -0.39 is 34.4 Å². The highest BCUT2D eigenvalue weighted by atomic mass is 32.2. The van der Waals surface area contributed by atoms with Gasteiger partial charge in [-0.05, 0) is 38.7 Å². The molecule has 1 atom stereocenters. The van der Waals surface area contributed by atoms with Gasteiger partial charge < -0.3 is 15.4 Å². The minimum atomic E-state index is -3.10. The molecule has 0 spiro atoms. The van der Waals surface area contributed by atoms with Crippen LogP contribution in [0.1, 0.15) is 40.1 Å². The number of sulfone groups is 1. The lowest BCUT2D eigenvalue weighted by atomic mass is 10.1. The van der Waals surface area contributed by atoms with E-state index in [2.05, 4.69) is 10.6 Å². The maximum absolute atomic E-state index is 12.5. The van der Waals surface area contributed by atoms with Gasteiger partial charge in [0.25, 0.3) is 5.91 Å². The molecule has 0 bridgehead atoms. The average molecular weight is 415 g/mol. The Morgan fingerprint density at radius 2 is 1.89 bits per heavy atom. The Labute approximate surface area is 161 Å². The topological polar surface area (TPSA) is 119 Å². The molecule has 3 rings (SSSR count). The third-order valence-corrected chi connectivity index (χ3v) is 7.60. The highest BCUT2D eigenvalue weighted by molar-refractivity contribution is 7.91. The van der Waals surface area contributed by atoms with Crippen molar-refractivity contribution in [1.29, 1.82) is 0 Å². The minimum Gasteiger partial charge on any atom is -0.452 e. The van der Waals surface area contributed by atoms with E-state index in [1.807, 2.05) is 6.92 Å². The van der Waals surface area contributed by atoms with E-state index in [0.29, 0.717) is 17.0 Å². The molecular weight excluding hydrogens is 392 g/mol. The maximum atomic E-state index is 12.5. The molecule has 2 amide bonds. The van der Waals surface area contributed by atoms with Gasteiger partial charge in [-0.3, -0.25) is 9.59 Å². The summed E-state index contributed by atoms with van der Waals surface area (Å²) < 4.78 is 27.9. The predicted octanol–water partition coefficient (Wildman–Crippen LogP) is 1.17. The van der Waals surface area contributed by atoms with E-state index >= 15 is 0 Å². The lowest BCUT2D eigenvalue weighted by Crippen LogP contribution is -2.38. The standard InChI is InChI=1S/C17H22N2O6S2/c1-9-10(2)26-16(19-15(21)11-3-4-11)14(9)17(22)25-7-13(20)18-12-5-6-27(23,24)8-12/h11-12H,3-8H2,1-2H3,(H,18,20)(H,19,21)/t12-/m0/s1. The fraction of sp³-hybridized carbons (Fsp3) is 0.588. The van der Waals surface area contributed by atoms with Gasteiger partial charge in [0.05, 0.1) is 17.1 Å². The average Bonchev–Trinajstić information content (AvgIpc) is 3.32. The van der Waals surface area contributed by atoms with Crippen LogP contribution >= 0.6 is 11.3 Å². The second kappa shape index (κ2) is 7.59. The number of amides is 2. The second-order valence-corrected chi connectivity index (χ2v) is 10.4. The number of carbonyl (C=O) groups is 3. The Morgan fingerprint density at radius 3 is 2.48 bits per heavy atom. The molecule has 8 nitrogen and oxygen atoms in total. The van der Waals surface area contributed by atoms with Crippen LogP contribution in [0.4, 0.5) is 5.00 Å². The largest absolute Gasteiger partial charge is 0.452 e. The molecule has 0 radical (unpaired) electrons. The highest BCUT2D eigenvalue weighted by Crippen LogP contribution is 2.36. The van der Waals surface area contributed by atoms with E-state index in [9.17, 15) is 22.8 Å². The van der Waals surface area contributed by atoms with Gasteiger partial charge in [0.1, 0.15) is 5.00 Å². The summed E-state index contributed by atoms with van der Waals surface area (Å²) in [7, 11) is -3.10. The number of nitrogens with one attached hydrogen (secondary N) is 2. The maximum Gasteiger partial charge on any atom is 0.341 e. The van der Waals surface area contributed by atoms with Gasteiger partial charge in [0.15, 0.2) is 16.4 Å². The van der Waals surface area contributed by atoms with Gasteiger partial charge in [-0.15, -0.1) is 11.3 Å². The number of ether oxygens (including phenoxy) is 1. The number of esters is 1. The molecule has 2 N–H and O–H groups in total. The molecule has 0 aromatic carbocycles. The molecule has 27 heavy (non-hydrogen) atoms. The third kappa shape index (κ3) is 4.86. The fourth-order valence-electron chi connectivity index (χ4n) is 2.90. The lowest BCUT2D eigenvalue weighted by molar-refractivity contribution is -0.124. The molecule has 1 saturated heterocycles. The third-order valence-electron chi connectivity index (χ3n) is 4.71. The van der Waals surface area contributed by atoms with E-state index in [1.54, 1.807) is 6.92 Å². The SMILES string of the molecule is Cc1sc(NC(=O)C2CC2)c(C(=O)OCC(=O)N[C@H]2CCS(=O)(=O)C2)c1C.